The van der Waals surface area contributed by atoms with E-state index in [-0.39, 0.29) is 19.1 Å². The van der Waals surface area contributed by atoms with Crippen LogP contribution in [0.3, 0.4) is 0 Å². The first-order chi connectivity index (χ1) is 8.68. The monoisotopic (exact) mass is 256 g/mol. The molecule has 6 nitrogen and oxygen atoms in total. The van der Waals surface area contributed by atoms with E-state index in [1.165, 1.54) is 17.7 Å². The number of nitrogens with one attached hydrogen (secondary N) is 1. The first kappa shape index (κ1) is 13.3. The third-order valence-corrected chi connectivity index (χ3v) is 3.63. The Bertz CT molecular complexity index is 315. The standard InChI is InChI=1S/C12H20N2O4/c15-11(7-13-9-3-1-2-4-9)14-5-6-18-8-10(14)12(16)17/h9-10,13H,1-8H2,(H,16,17). The topological polar surface area (TPSA) is 78.9 Å². The lowest BCUT2D eigenvalue weighted by atomic mass is 10.2. The van der Waals surface area contributed by atoms with Crippen LogP contribution in [0.15, 0.2) is 0 Å². The average Bonchev–Trinajstić information content (AvgIpc) is 2.89. The van der Waals surface area contributed by atoms with Crippen molar-refractivity contribution in [1.82, 2.24) is 10.2 Å². The van der Waals surface area contributed by atoms with E-state index >= 15 is 0 Å². The summed E-state index contributed by atoms with van der Waals surface area (Å²) in [5.41, 5.74) is 0. The van der Waals surface area contributed by atoms with E-state index in [0.29, 0.717) is 19.2 Å². The number of aliphatic carboxylic acids is 1. The van der Waals surface area contributed by atoms with Crippen molar-refractivity contribution in [3.63, 3.8) is 0 Å². The third kappa shape index (κ3) is 3.20. The zero-order valence-electron chi connectivity index (χ0n) is 10.4. The van der Waals surface area contributed by atoms with E-state index in [4.69, 9.17) is 9.84 Å². The highest BCUT2D eigenvalue weighted by molar-refractivity contribution is 5.85. The lowest BCUT2D eigenvalue weighted by molar-refractivity contribution is -0.157. The number of carboxylic acids is 1. The Morgan fingerprint density at radius 2 is 2.06 bits per heavy atom. The summed E-state index contributed by atoms with van der Waals surface area (Å²) in [6, 6.07) is -0.421. The molecule has 0 spiro atoms. The molecule has 1 heterocycles. The van der Waals surface area contributed by atoms with Gasteiger partial charge in [0.15, 0.2) is 6.04 Å². The number of ether oxygens (including phenoxy) is 1. The van der Waals surface area contributed by atoms with Crippen LogP contribution in [0, 0.1) is 0 Å². The Morgan fingerprint density at radius 1 is 1.33 bits per heavy atom. The largest absolute Gasteiger partial charge is 0.480 e. The van der Waals surface area contributed by atoms with E-state index in [9.17, 15) is 9.59 Å². The fourth-order valence-corrected chi connectivity index (χ4v) is 2.57. The summed E-state index contributed by atoms with van der Waals surface area (Å²) in [5, 5.41) is 12.3. The third-order valence-electron chi connectivity index (χ3n) is 3.63. The number of carbonyl (C=O) groups is 2. The summed E-state index contributed by atoms with van der Waals surface area (Å²) >= 11 is 0. The van der Waals surface area contributed by atoms with Crippen LogP contribution >= 0.6 is 0 Å². The molecule has 1 amide bonds. The predicted octanol–water partition coefficient (Wildman–Crippen LogP) is -0.169. The van der Waals surface area contributed by atoms with Crippen LogP contribution in [0.4, 0.5) is 0 Å². The lowest BCUT2D eigenvalue weighted by Gasteiger charge is -2.33. The van der Waals surface area contributed by atoms with E-state index in [0.717, 1.165) is 12.8 Å². The maximum absolute atomic E-state index is 12.0. The SMILES string of the molecule is O=C(O)C1COCCN1C(=O)CNC1CCCC1. The van der Waals surface area contributed by atoms with Gasteiger partial charge in [0.25, 0.3) is 0 Å². The van der Waals surface area contributed by atoms with E-state index < -0.39 is 12.0 Å². The number of morpholine rings is 1. The number of rotatable bonds is 4. The van der Waals surface area contributed by atoms with Gasteiger partial charge in [0.2, 0.25) is 5.91 Å². The van der Waals surface area contributed by atoms with Crippen LogP contribution in [0.1, 0.15) is 25.7 Å². The molecule has 0 aromatic heterocycles. The lowest BCUT2D eigenvalue weighted by Crippen LogP contribution is -2.55. The van der Waals surface area contributed by atoms with Gasteiger partial charge in [0.1, 0.15) is 0 Å². The second-order valence-electron chi connectivity index (χ2n) is 4.88. The highest BCUT2D eigenvalue weighted by Crippen LogP contribution is 2.17. The van der Waals surface area contributed by atoms with E-state index in [2.05, 4.69) is 5.32 Å². The van der Waals surface area contributed by atoms with Crippen molar-refractivity contribution in [1.29, 1.82) is 0 Å². The van der Waals surface area contributed by atoms with Gasteiger partial charge in [0.05, 0.1) is 19.8 Å². The quantitative estimate of drug-likeness (QED) is 0.730. The van der Waals surface area contributed by atoms with Crippen molar-refractivity contribution in [3.05, 3.63) is 0 Å². The van der Waals surface area contributed by atoms with Gasteiger partial charge in [-0.3, -0.25) is 4.79 Å². The molecule has 1 aliphatic heterocycles. The molecule has 2 N–H and O–H groups in total. The minimum absolute atomic E-state index is 0.0878. The summed E-state index contributed by atoms with van der Waals surface area (Å²) in [7, 11) is 0. The highest BCUT2D eigenvalue weighted by atomic mass is 16.5. The first-order valence-corrected chi connectivity index (χ1v) is 6.52. The van der Waals surface area contributed by atoms with Gasteiger partial charge in [-0.15, -0.1) is 0 Å². The van der Waals surface area contributed by atoms with Crippen LogP contribution in [0.5, 0.6) is 0 Å². The highest BCUT2D eigenvalue weighted by Gasteiger charge is 2.32. The Hall–Kier alpha value is -1.14. The van der Waals surface area contributed by atoms with Crippen molar-refractivity contribution in [2.24, 2.45) is 0 Å². The summed E-state index contributed by atoms with van der Waals surface area (Å²) < 4.78 is 5.11. The first-order valence-electron chi connectivity index (χ1n) is 6.52. The maximum atomic E-state index is 12.0. The molecule has 0 bridgehead atoms. The van der Waals surface area contributed by atoms with Crippen LogP contribution in [-0.2, 0) is 14.3 Å². The van der Waals surface area contributed by atoms with Gasteiger partial charge >= 0.3 is 5.97 Å². The molecule has 0 radical (unpaired) electrons. The van der Waals surface area contributed by atoms with Gasteiger partial charge in [0, 0.05) is 12.6 Å². The molecule has 0 aromatic carbocycles. The molecule has 2 rings (SSSR count). The summed E-state index contributed by atoms with van der Waals surface area (Å²) in [4.78, 5) is 24.5. The zero-order chi connectivity index (χ0) is 13.0. The molecule has 102 valence electrons. The molecule has 1 atom stereocenters. The molecule has 18 heavy (non-hydrogen) atoms. The van der Waals surface area contributed by atoms with Crippen molar-refractivity contribution in [2.45, 2.75) is 37.8 Å². The maximum Gasteiger partial charge on any atom is 0.328 e. The minimum atomic E-state index is -0.996. The molecule has 1 unspecified atom stereocenters. The van der Waals surface area contributed by atoms with Gasteiger partial charge in [-0.1, -0.05) is 12.8 Å². The Kier molecular flexibility index (Phi) is 4.54. The summed E-state index contributed by atoms with van der Waals surface area (Å²) in [6.07, 6.45) is 4.64. The number of hydrogen-bond acceptors (Lipinski definition) is 4. The zero-order valence-corrected chi connectivity index (χ0v) is 10.4. The number of nitrogens with zero attached hydrogens (tertiary/aromatic N) is 1. The number of carboxylic acid groups (broad SMARTS) is 1. The summed E-state index contributed by atoms with van der Waals surface area (Å²) in [6.45, 7) is 1.10. The van der Waals surface area contributed by atoms with Gasteiger partial charge in [-0.25, -0.2) is 4.79 Å². The van der Waals surface area contributed by atoms with E-state index in [1.807, 2.05) is 0 Å². The van der Waals surface area contributed by atoms with Crippen LogP contribution in [-0.4, -0.2) is 60.3 Å². The molecule has 1 aliphatic carbocycles. The van der Waals surface area contributed by atoms with Crippen molar-refractivity contribution in [2.75, 3.05) is 26.3 Å². The fraction of sp³-hybridized carbons (Fsp3) is 0.833. The smallest absolute Gasteiger partial charge is 0.328 e. The second-order valence-corrected chi connectivity index (χ2v) is 4.88. The van der Waals surface area contributed by atoms with Crippen molar-refractivity contribution >= 4 is 11.9 Å². The van der Waals surface area contributed by atoms with Gasteiger partial charge in [-0.2, -0.15) is 0 Å². The molecule has 1 saturated heterocycles. The number of amides is 1. The van der Waals surface area contributed by atoms with Crippen LogP contribution in [0.2, 0.25) is 0 Å². The van der Waals surface area contributed by atoms with E-state index in [1.54, 1.807) is 0 Å². The van der Waals surface area contributed by atoms with Crippen molar-refractivity contribution in [3.8, 4) is 0 Å². The molecule has 2 aliphatic rings. The molecular formula is C12H20N2O4. The summed E-state index contributed by atoms with van der Waals surface area (Å²) in [5.74, 6) is -1.14. The number of carbonyl (C=O) groups excluding carboxylic acids is 1. The molecule has 1 saturated carbocycles. The minimum Gasteiger partial charge on any atom is -0.480 e. The molecule has 2 fully saturated rings. The average molecular weight is 256 g/mol. The molecule has 0 aromatic rings. The van der Waals surface area contributed by atoms with Crippen LogP contribution < -0.4 is 5.32 Å². The van der Waals surface area contributed by atoms with Crippen LogP contribution in [0.25, 0.3) is 0 Å². The van der Waals surface area contributed by atoms with Crippen molar-refractivity contribution < 1.29 is 19.4 Å². The Labute approximate surface area is 106 Å². The molecular weight excluding hydrogens is 236 g/mol. The Balaban J connectivity index is 1.83. The number of hydrogen-bond donors (Lipinski definition) is 2. The molecule has 6 heteroatoms. The Morgan fingerprint density at radius 3 is 2.72 bits per heavy atom. The second kappa shape index (κ2) is 6.15. The fourth-order valence-electron chi connectivity index (χ4n) is 2.57. The van der Waals surface area contributed by atoms with Gasteiger partial charge in [-0.05, 0) is 12.8 Å². The normalized spacial score (nSPS) is 25.3. The predicted molar refractivity (Wildman–Crippen MR) is 64.2 cm³/mol. The van der Waals surface area contributed by atoms with Gasteiger partial charge < -0.3 is 20.1 Å².